The Balaban J connectivity index is 1.67. The van der Waals surface area contributed by atoms with E-state index < -0.39 is 11.8 Å². The van der Waals surface area contributed by atoms with Gasteiger partial charge < -0.3 is 10.3 Å². The zero-order valence-electron chi connectivity index (χ0n) is 13.2. The zero-order chi connectivity index (χ0) is 18.5. The lowest BCUT2D eigenvalue weighted by atomic mass is 10.1. The van der Waals surface area contributed by atoms with Gasteiger partial charge >= 0.3 is 0 Å². The number of hydrazine groups is 1. The molecule has 0 fully saturated rings. The van der Waals surface area contributed by atoms with Crippen molar-refractivity contribution in [2.24, 2.45) is 0 Å². The first-order valence-electron chi connectivity index (χ1n) is 7.43. The first-order valence-corrected chi connectivity index (χ1v) is 9.10. The quantitative estimate of drug-likeness (QED) is 0.476. The number of carbonyl (C=O) groups is 3. The Morgan fingerprint density at radius 3 is 2.42 bits per heavy atom. The van der Waals surface area contributed by atoms with Crippen molar-refractivity contribution >= 4 is 50.7 Å². The summed E-state index contributed by atoms with van der Waals surface area (Å²) in [5.74, 6) is -1.35. The van der Waals surface area contributed by atoms with Gasteiger partial charge in [0.1, 0.15) is 5.69 Å². The van der Waals surface area contributed by atoms with Gasteiger partial charge in [0.25, 0.3) is 17.7 Å². The molecule has 0 saturated heterocycles. The van der Waals surface area contributed by atoms with Crippen LogP contribution in [0.5, 0.6) is 0 Å². The van der Waals surface area contributed by atoms with Crippen molar-refractivity contribution in [2.75, 3.05) is 5.32 Å². The normalized spacial score (nSPS) is 10.2. The summed E-state index contributed by atoms with van der Waals surface area (Å²) in [7, 11) is 0. The van der Waals surface area contributed by atoms with E-state index in [-0.39, 0.29) is 17.2 Å². The van der Waals surface area contributed by atoms with E-state index in [1.807, 2.05) is 0 Å². The fraction of sp³-hybridized carbons (Fsp3) is 0. The van der Waals surface area contributed by atoms with Crippen LogP contribution in [0, 0.1) is 0 Å². The Morgan fingerprint density at radius 1 is 0.962 bits per heavy atom. The maximum absolute atomic E-state index is 12.4. The number of para-hydroxylation sites is 1. The number of anilines is 1. The molecule has 3 aromatic rings. The monoisotopic (exact) mass is 432 g/mol. The number of rotatable bonds is 4. The lowest BCUT2D eigenvalue weighted by molar-refractivity contribution is 0.0844. The van der Waals surface area contributed by atoms with Crippen LogP contribution >= 0.6 is 27.3 Å². The minimum absolute atomic E-state index is 0.227. The molecule has 7 nitrogen and oxygen atoms in total. The van der Waals surface area contributed by atoms with Crippen LogP contribution in [0.4, 0.5) is 5.69 Å². The number of hydrogen-bond donors (Lipinski definition) is 4. The Kier molecular flexibility index (Phi) is 5.49. The summed E-state index contributed by atoms with van der Waals surface area (Å²) in [6.45, 7) is 0. The molecule has 0 aliphatic carbocycles. The molecule has 4 N–H and O–H groups in total. The molecule has 26 heavy (non-hydrogen) atoms. The van der Waals surface area contributed by atoms with E-state index >= 15 is 0 Å². The topological polar surface area (TPSA) is 103 Å². The highest BCUT2D eigenvalue weighted by Gasteiger charge is 2.16. The summed E-state index contributed by atoms with van der Waals surface area (Å²) in [5, 5.41) is 4.50. The maximum Gasteiger partial charge on any atom is 0.286 e. The van der Waals surface area contributed by atoms with E-state index in [9.17, 15) is 14.4 Å². The SMILES string of the molecule is O=C(NNC(=O)c1ccccc1NC(=O)c1cccs1)c1cc(Br)c[nH]1. The number of aromatic nitrogens is 1. The van der Waals surface area contributed by atoms with Gasteiger partial charge in [0, 0.05) is 10.7 Å². The van der Waals surface area contributed by atoms with E-state index in [0.717, 1.165) is 4.47 Å². The molecule has 0 aliphatic rings. The molecule has 132 valence electrons. The molecule has 0 saturated carbocycles. The van der Waals surface area contributed by atoms with E-state index in [1.54, 1.807) is 54.0 Å². The molecule has 0 bridgehead atoms. The number of aromatic amines is 1. The Labute approximate surface area is 160 Å². The lowest BCUT2D eigenvalue weighted by Gasteiger charge is -2.11. The van der Waals surface area contributed by atoms with E-state index in [1.165, 1.54) is 11.3 Å². The number of carbonyl (C=O) groups excluding carboxylic acids is 3. The highest BCUT2D eigenvalue weighted by molar-refractivity contribution is 9.10. The van der Waals surface area contributed by atoms with Crippen molar-refractivity contribution in [1.82, 2.24) is 15.8 Å². The lowest BCUT2D eigenvalue weighted by Crippen LogP contribution is -2.42. The first kappa shape index (κ1) is 17.9. The van der Waals surface area contributed by atoms with Crippen molar-refractivity contribution in [3.8, 4) is 0 Å². The molecule has 1 aromatic carbocycles. The van der Waals surface area contributed by atoms with Gasteiger partial charge in [-0.25, -0.2) is 0 Å². The van der Waals surface area contributed by atoms with Crippen molar-refractivity contribution in [1.29, 1.82) is 0 Å². The Hall–Kier alpha value is -2.91. The number of hydrogen-bond acceptors (Lipinski definition) is 4. The van der Waals surface area contributed by atoms with E-state index in [4.69, 9.17) is 0 Å². The molecular formula is C17H13BrN4O3S. The molecule has 0 radical (unpaired) electrons. The van der Waals surface area contributed by atoms with Crippen molar-refractivity contribution < 1.29 is 14.4 Å². The maximum atomic E-state index is 12.4. The first-order chi connectivity index (χ1) is 12.5. The predicted octanol–water partition coefficient (Wildman–Crippen LogP) is 3.17. The summed E-state index contributed by atoms with van der Waals surface area (Å²) in [4.78, 5) is 39.8. The highest BCUT2D eigenvalue weighted by Crippen LogP contribution is 2.18. The van der Waals surface area contributed by atoms with Crippen LogP contribution in [0.15, 0.2) is 58.5 Å². The predicted molar refractivity (Wildman–Crippen MR) is 102 cm³/mol. The number of nitrogens with one attached hydrogen (secondary N) is 4. The molecular weight excluding hydrogens is 420 g/mol. The van der Waals surface area contributed by atoms with Gasteiger partial charge in [-0.05, 0) is 45.6 Å². The van der Waals surface area contributed by atoms with Crippen LogP contribution in [0.1, 0.15) is 30.5 Å². The van der Waals surface area contributed by atoms with Crippen molar-refractivity contribution in [2.45, 2.75) is 0 Å². The fourth-order valence-electron chi connectivity index (χ4n) is 2.13. The van der Waals surface area contributed by atoms with Gasteiger partial charge in [0.2, 0.25) is 0 Å². The molecule has 3 rings (SSSR count). The highest BCUT2D eigenvalue weighted by atomic mass is 79.9. The van der Waals surface area contributed by atoms with Gasteiger partial charge in [-0.3, -0.25) is 25.2 Å². The molecule has 0 atom stereocenters. The van der Waals surface area contributed by atoms with Gasteiger partial charge in [0.05, 0.1) is 16.1 Å². The average molecular weight is 433 g/mol. The average Bonchev–Trinajstić information content (AvgIpc) is 3.31. The number of thiophene rings is 1. The smallest absolute Gasteiger partial charge is 0.286 e. The van der Waals surface area contributed by atoms with Crippen LogP contribution in [0.25, 0.3) is 0 Å². The summed E-state index contributed by atoms with van der Waals surface area (Å²) in [6.07, 6.45) is 1.60. The number of benzene rings is 1. The van der Waals surface area contributed by atoms with Crippen LogP contribution in [0.2, 0.25) is 0 Å². The summed E-state index contributed by atoms with van der Waals surface area (Å²) >= 11 is 4.53. The third kappa shape index (κ3) is 4.19. The number of H-pyrrole nitrogens is 1. The van der Waals surface area contributed by atoms with E-state index in [0.29, 0.717) is 10.6 Å². The van der Waals surface area contributed by atoms with Gasteiger partial charge in [-0.2, -0.15) is 0 Å². The Morgan fingerprint density at radius 2 is 1.73 bits per heavy atom. The molecule has 3 amide bonds. The van der Waals surface area contributed by atoms with Crippen LogP contribution in [0.3, 0.4) is 0 Å². The zero-order valence-corrected chi connectivity index (χ0v) is 15.6. The van der Waals surface area contributed by atoms with Gasteiger partial charge in [-0.15, -0.1) is 11.3 Å². The molecule has 9 heteroatoms. The van der Waals surface area contributed by atoms with E-state index in [2.05, 4.69) is 37.1 Å². The van der Waals surface area contributed by atoms with Crippen molar-refractivity contribution in [3.05, 3.63) is 74.6 Å². The molecule has 0 unspecified atom stereocenters. The number of amides is 3. The molecule has 2 aromatic heterocycles. The third-order valence-corrected chi connectivity index (χ3v) is 4.67. The number of halogens is 1. The minimum Gasteiger partial charge on any atom is -0.356 e. The standard InChI is InChI=1S/C17H13BrN4O3S/c18-10-8-13(19-9-10)16(24)22-21-15(23)11-4-1-2-5-12(11)20-17(25)14-6-3-7-26-14/h1-9,19H,(H,20,25)(H,21,23)(H,22,24). The summed E-state index contributed by atoms with van der Waals surface area (Å²) < 4.78 is 0.718. The van der Waals surface area contributed by atoms with Gasteiger partial charge in [0.15, 0.2) is 0 Å². The molecule has 0 aliphatic heterocycles. The van der Waals surface area contributed by atoms with Crippen LogP contribution in [-0.2, 0) is 0 Å². The largest absolute Gasteiger partial charge is 0.356 e. The molecule has 2 heterocycles. The fourth-order valence-corrected chi connectivity index (χ4v) is 3.09. The minimum atomic E-state index is -0.550. The second kappa shape index (κ2) is 7.98. The molecule has 0 spiro atoms. The van der Waals surface area contributed by atoms with Gasteiger partial charge in [-0.1, -0.05) is 18.2 Å². The summed E-state index contributed by atoms with van der Waals surface area (Å²) in [6, 6.07) is 11.6. The van der Waals surface area contributed by atoms with Crippen LogP contribution < -0.4 is 16.2 Å². The third-order valence-electron chi connectivity index (χ3n) is 3.35. The Bertz CT molecular complexity index is 953. The van der Waals surface area contributed by atoms with Crippen molar-refractivity contribution in [3.63, 3.8) is 0 Å². The summed E-state index contributed by atoms with van der Waals surface area (Å²) in [5.41, 5.74) is 5.51. The second-order valence-corrected chi connectivity index (χ2v) is 6.98. The second-order valence-electron chi connectivity index (χ2n) is 5.12. The van der Waals surface area contributed by atoms with Crippen LogP contribution in [-0.4, -0.2) is 22.7 Å².